The van der Waals surface area contributed by atoms with Crippen molar-refractivity contribution in [2.24, 2.45) is 0 Å². The van der Waals surface area contributed by atoms with E-state index in [0.717, 1.165) is 33.6 Å². The first kappa shape index (κ1) is 34.4. The summed E-state index contributed by atoms with van der Waals surface area (Å²) in [7, 11) is 8.14. The predicted molar refractivity (Wildman–Crippen MR) is 196 cm³/mol. The van der Waals surface area contributed by atoms with Crippen LogP contribution in [-0.4, -0.2) is 81.0 Å². The van der Waals surface area contributed by atoms with E-state index < -0.39 is 0 Å². The van der Waals surface area contributed by atoms with Gasteiger partial charge in [-0.15, -0.1) is 0 Å². The molecule has 252 valence electrons. The van der Waals surface area contributed by atoms with Crippen molar-refractivity contribution in [2.45, 2.75) is 0 Å². The second-order valence-corrected chi connectivity index (χ2v) is 11.7. The van der Waals surface area contributed by atoms with Crippen LogP contribution in [0.4, 0.5) is 11.4 Å². The number of hydrogen-bond acceptors (Lipinski definition) is 8. The van der Waals surface area contributed by atoms with Crippen LogP contribution in [0.15, 0.2) is 84.9 Å². The lowest BCUT2D eigenvalue weighted by molar-refractivity contribution is 0.0640. The van der Waals surface area contributed by atoms with Gasteiger partial charge < -0.3 is 38.2 Å². The first-order valence-electron chi connectivity index (χ1n) is 16.3. The molecule has 1 aliphatic rings. The minimum Gasteiger partial charge on any atom is -0.487 e. The van der Waals surface area contributed by atoms with E-state index in [9.17, 15) is 0 Å². The van der Waals surface area contributed by atoms with E-state index in [1.807, 2.05) is 64.6 Å². The smallest absolute Gasteiger partial charge is 0.161 e. The van der Waals surface area contributed by atoms with Crippen molar-refractivity contribution >= 4 is 35.7 Å². The molecule has 0 aliphatic carbocycles. The predicted octanol–water partition coefficient (Wildman–Crippen LogP) is 7.42. The van der Waals surface area contributed by atoms with Crippen LogP contribution in [0, 0.1) is 0 Å². The molecular formula is C40H46N2O6. The highest BCUT2D eigenvalue weighted by molar-refractivity contribution is 5.73. The molecule has 5 rings (SSSR count). The van der Waals surface area contributed by atoms with Crippen molar-refractivity contribution in [2.75, 3.05) is 90.8 Å². The minimum absolute atomic E-state index is 0.374. The van der Waals surface area contributed by atoms with E-state index in [1.54, 1.807) is 0 Å². The number of hydrogen-bond donors (Lipinski definition) is 0. The standard InChI is InChI=1S/C40H46N2O6/c1-41(2)35-15-9-31(10-16-35)5-7-33-13-19-37-39(29-33)47-27-23-43-22-26-46-38-20-14-34(30-40(38)48-28-24-44-21-25-45-37)8-6-32-11-17-36(18-12-32)42(3)4/h5-20,29-30H,21-28H2,1-4H3/b7-5+,8-6+. The molecule has 8 nitrogen and oxygen atoms in total. The summed E-state index contributed by atoms with van der Waals surface area (Å²) in [6.45, 7) is 3.15. The fraction of sp³-hybridized carbons (Fsp3) is 0.300. The molecule has 4 aromatic rings. The molecule has 1 heterocycles. The van der Waals surface area contributed by atoms with Gasteiger partial charge >= 0.3 is 0 Å². The highest BCUT2D eigenvalue weighted by atomic mass is 16.6. The summed E-state index contributed by atoms with van der Waals surface area (Å²) in [6, 6.07) is 28.7. The lowest BCUT2D eigenvalue weighted by Crippen LogP contribution is -2.15. The van der Waals surface area contributed by atoms with E-state index in [2.05, 4.69) is 82.6 Å². The molecule has 0 N–H and O–H groups in total. The van der Waals surface area contributed by atoms with Gasteiger partial charge in [0.05, 0.1) is 26.4 Å². The van der Waals surface area contributed by atoms with Gasteiger partial charge in [-0.25, -0.2) is 0 Å². The number of anilines is 2. The molecule has 0 atom stereocenters. The van der Waals surface area contributed by atoms with E-state index in [1.165, 1.54) is 0 Å². The fourth-order valence-electron chi connectivity index (χ4n) is 4.92. The van der Waals surface area contributed by atoms with Crippen LogP contribution < -0.4 is 28.7 Å². The van der Waals surface area contributed by atoms with Crippen LogP contribution >= 0.6 is 0 Å². The van der Waals surface area contributed by atoms with Crippen LogP contribution in [0.3, 0.4) is 0 Å². The summed E-state index contributed by atoms with van der Waals surface area (Å²) in [6.07, 6.45) is 8.31. The van der Waals surface area contributed by atoms with Crippen molar-refractivity contribution in [3.8, 4) is 23.0 Å². The fourth-order valence-corrected chi connectivity index (χ4v) is 4.92. The molecular weight excluding hydrogens is 604 g/mol. The van der Waals surface area contributed by atoms with Crippen LogP contribution in [-0.2, 0) is 9.47 Å². The minimum atomic E-state index is 0.374. The summed E-state index contributed by atoms with van der Waals surface area (Å²) >= 11 is 0. The third-order valence-corrected chi connectivity index (χ3v) is 7.63. The van der Waals surface area contributed by atoms with Gasteiger partial charge in [0.25, 0.3) is 0 Å². The zero-order valence-corrected chi connectivity index (χ0v) is 28.4. The van der Waals surface area contributed by atoms with Crippen LogP contribution in [0.2, 0.25) is 0 Å². The van der Waals surface area contributed by atoms with Crippen LogP contribution in [0.25, 0.3) is 24.3 Å². The topological polar surface area (TPSA) is 61.9 Å². The maximum Gasteiger partial charge on any atom is 0.161 e. The Morgan fingerprint density at radius 2 is 0.688 bits per heavy atom. The first-order chi connectivity index (χ1) is 23.4. The number of nitrogens with zero attached hydrogens (tertiary/aromatic N) is 2. The van der Waals surface area contributed by atoms with Gasteiger partial charge in [-0.05, 0) is 70.8 Å². The molecule has 0 unspecified atom stereocenters. The zero-order valence-electron chi connectivity index (χ0n) is 28.4. The third-order valence-electron chi connectivity index (χ3n) is 7.63. The zero-order chi connectivity index (χ0) is 33.6. The number of benzene rings is 4. The lowest BCUT2D eigenvalue weighted by atomic mass is 10.1. The molecule has 0 bridgehead atoms. The van der Waals surface area contributed by atoms with Crippen molar-refractivity contribution in [3.05, 3.63) is 107 Å². The molecule has 0 aromatic heterocycles. The number of rotatable bonds is 6. The quantitative estimate of drug-likeness (QED) is 0.200. The van der Waals surface area contributed by atoms with Gasteiger partial charge in [0, 0.05) is 39.6 Å². The monoisotopic (exact) mass is 650 g/mol. The molecule has 0 saturated carbocycles. The molecule has 0 spiro atoms. The molecule has 0 amide bonds. The van der Waals surface area contributed by atoms with Gasteiger partial charge in [-0.3, -0.25) is 0 Å². The molecule has 0 saturated heterocycles. The summed E-state index contributed by atoms with van der Waals surface area (Å²) in [4.78, 5) is 4.17. The average molecular weight is 651 g/mol. The Balaban J connectivity index is 1.18. The Hall–Kier alpha value is -4.92. The van der Waals surface area contributed by atoms with E-state index in [0.29, 0.717) is 75.9 Å². The Morgan fingerprint density at radius 1 is 0.375 bits per heavy atom. The van der Waals surface area contributed by atoms with E-state index in [4.69, 9.17) is 28.4 Å². The highest BCUT2D eigenvalue weighted by Gasteiger charge is 2.10. The molecule has 48 heavy (non-hydrogen) atoms. The number of fused-ring (bicyclic) bond motifs is 2. The van der Waals surface area contributed by atoms with Crippen molar-refractivity contribution in [1.82, 2.24) is 0 Å². The second-order valence-electron chi connectivity index (χ2n) is 11.7. The second kappa shape index (κ2) is 17.8. The molecule has 0 fully saturated rings. The summed E-state index contributed by atoms with van der Waals surface area (Å²) < 4.78 is 36.0. The van der Waals surface area contributed by atoms with Crippen molar-refractivity contribution in [3.63, 3.8) is 0 Å². The number of ether oxygens (including phenoxy) is 6. The normalized spacial score (nSPS) is 14.8. The van der Waals surface area contributed by atoms with Crippen molar-refractivity contribution < 1.29 is 28.4 Å². The van der Waals surface area contributed by atoms with Gasteiger partial charge in [0.2, 0.25) is 0 Å². The SMILES string of the molecule is CN(C)c1ccc(/C=C/c2ccc3c(c2)OCCOCCOc2ccc(/C=C/c4ccc(N(C)C)cc4)cc2OCCOCCO3)cc1. The Labute approximate surface area is 284 Å². The summed E-state index contributed by atoms with van der Waals surface area (Å²) in [5.41, 5.74) is 6.59. The Kier molecular flexibility index (Phi) is 12.8. The maximum absolute atomic E-state index is 6.11. The largest absolute Gasteiger partial charge is 0.487 e. The van der Waals surface area contributed by atoms with Crippen LogP contribution in [0.5, 0.6) is 23.0 Å². The first-order valence-corrected chi connectivity index (χ1v) is 16.3. The van der Waals surface area contributed by atoms with Gasteiger partial charge in [0.15, 0.2) is 23.0 Å². The van der Waals surface area contributed by atoms with Crippen LogP contribution in [0.1, 0.15) is 22.3 Å². The molecule has 0 radical (unpaired) electrons. The van der Waals surface area contributed by atoms with Gasteiger partial charge in [-0.1, -0.05) is 60.7 Å². The summed E-state index contributed by atoms with van der Waals surface area (Å²) in [5, 5.41) is 0. The molecule has 1 aliphatic heterocycles. The highest BCUT2D eigenvalue weighted by Crippen LogP contribution is 2.31. The van der Waals surface area contributed by atoms with Gasteiger partial charge in [-0.2, -0.15) is 0 Å². The average Bonchev–Trinajstić information content (AvgIpc) is 3.10. The third kappa shape index (κ3) is 10.6. The summed E-state index contributed by atoms with van der Waals surface area (Å²) in [5.74, 6) is 2.65. The molecule has 4 aromatic carbocycles. The van der Waals surface area contributed by atoms with E-state index >= 15 is 0 Å². The lowest BCUT2D eigenvalue weighted by Gasteiger charge is -2.16. The molecule has 8 heteroatoms. The Morgan fingerprint density at radius 3 is 1.04 bits per heavy atom. The van der Waals surface area contributed by atoms with E-state index in [-0.39, 0.29) is 0 Å². The van der Waals surface area contributed by atoms with Crippen molar-refractivity contribution in [1.29, 1.82) is 0 Å². The maximum atomic E-state index is 6.11. The van der Waals surface area contributed by atoms with Gasteiger partial charge in [0.1, 0.15) is 26.4 Å². The Bertz CT molecular complexity index is 1510.